The standard InChI is InChI=1S/C33H33N3O5S2/c1-5-42-15-17-7-9-23-19(11-17)27-28-21(14-34-31(28)37)26-20-12-18(16-43-6-2)8-10-24(20)36-30(26)29(27)35(23)25-13-22(32(38)41-39-4)33(36,3)40-25/h7-12,22,25H,5-6,13-16H2,1-4H3,(H,34,37)/t22?,25-,33-/m1/s1. The zero-order chi connectivity index (χ0) is 29.6. The molecule has 222 valence electrons. The summed E-state index contributed by atoms with van der Waals surface area (Å²) in [5, 5.41) is 7.30. The van der Waals surface area contributed by atoms with Crippen LogP contribution in [0.5, 0.6) is 0 Å². The molecule has 0 radical (unpaired) electrons. The number of nitrogens with one attached hydrogen (secondary N) is 1. The SMILES string of the molecule is CCSCc1ccc2c(c1)c1c3c(c4c5cc(CSCC)ccc5n5c4c1n2[C@H]1CC(C(=O)OOC)[C@@]5(C)O1)CNC3=O. The largest absolute Gasteiger partial charge is 0.350 e. The first-order valence-corrected chi connectivity index (χ1v) is 17.2. The highest BCUT2D eigenvalue weighted by Crippen LogP contribution is 2.56. The first-order valence-electron chi connectivity index (χ1n) is 14.9. The molecule has 8 rings (SSSR count). The molecule has 2 aromatic heterocycles. The van der Waals surface area contributed by atoms with Crippen LogP contribution < -0.4 is 5.32 Å². The van der Waals surface area contributed by atoms with Gasteiger partial charge in [-0.3, -0.25) is 9.68 Å². The third-order valence-electron chi connectivity index (χ3n) is 9.42. The summed E-state index contributed by atoms with van der Waals surface area (Å²) in [6.07, 6.45) is -0.0173. The van der Waals surface area contributed by atoms with Gasteiger partial charge in [0.25, 0.3) is 5.91 Å². The topological polar surface area (TPSA) is 83.7 Å². The van der Waals surface area contributed by atoms with Gasteiger partial charge >= 0.3 is 5.97 Å². The molecule has 8 nitrogen and oxygen atoms in total. The van der Waals surface area contributed by atoms with E-state index in [1.165, 1.54) is 18.2 Å². The van der Waals surface area contributed by atoms with E-state index in [0.717, 1.165) is 77.8 Å². The number of rotatable bonds is 8. The molecule has 3 aliphatic rings. The molecular weight excluding hydrogens is 583 g/mol. The normalized spacial score (nSPS) is 22.3. The van der Waals surface area contributed by atoms with E-state index in [2.05, 4.69) is 64.7 Å². The molecular formula is C33H33N3O5S2. The van der Waals surface area contributed by atoms with Crippen LogP contribution in [0.3, 0.4) is 0 Å². The fraction of sp³-hybridized carbons (Fsp3) is 0.394. The van der Waals surface area contributed by atoms with Crippen molar-refractivity contribution in [3.8, 4) is 0 Å². The molecule has 3 aliphatic heterocycles. The number of hydrogen-bond acceptors (Lipinski definition) is 7. The molecule has 0 spiro atoms. The van der Waals surface area contributed by atoms with Gasteiger partial charge in [0.2, 0.25) is 0 Å². The van der Waals surface area contributed by atoms with Crippen LogP contribution in [0, 0.1) is 5.92 Å². The Morgan fingerprint density at radius 3 is 2.37 bits per heavy atom. The fourth-order valence-corrected chi connectivity index (χ4v) is 8.94. The van der Waals surface area contributed by atoms with Crippen LogP contribution in [-0.4, -0.2) is 39.6 Å². The number of amides is 1. The van der Waals surface area contributed by atoms with Gasteiger partial charge in [-0.05, 0) is 59.4 Å². The van der Waals surface area contributed by atoms with E-state index in [1.807, 2.05) is 30.4 Å². The highest BCUT2D eigenvalue weighted by Gasteiger charge is 2.56. The molecule has 10 heteroatoms. The average molecular weight is 616 g/mol. The highest BCUT2D eigenvalue weighted by molar-refractivity contribution is 7.98. The third kappa shape index (κ3) is 3.67. The van der Waals surface area contributed by atoms with E-state index in [1.54, 1.807) is 0 Å². The first kappa shape index (κ1) is 27.4. The monoisotopic (exact) mass is 615 g/mol. The summed E-state index contributed by atoms with van der Waals surface area (Å²) in [5.41, 5.74) is 7.16. The summed E-state index contributed by atoms with van der Waals surface area (Å²) < 4.78 is 11.5. The van der Waals surface area contributed by atoms with Gasteiger partial charge in [0.1, 0.15) is 12.1 Å². The van der Waals surface area contributed by atoms with Crippen LogP contribution in [0.1, 0.15) is 60.5 Å². The molecule has 2 bridgehead atoms. The molecule has 1 unspecified atom stereocenters. The van der Waals surface area contributed by atoms with Crippen molar-refractivity contribution in [1.29, 1.82) is 0 Å². The average Bonchev–Trinajstić information content (AvgIpc) is 3.72. The Bertz CT molecular complexity index is 2010. The fourth-order valence-electron chi connectivity index (χ4n) is 7.70. The van der Waals surface area contributed by atoms with Crippen LogP contribution in [-0.2, 0) is 43.1 Å². The van der Waals surface area contributed by atoms with E-state index in [4.69, 9.17) is 14.5 Å². The Morgan fingerprint density at radius 2 is 1.70 bits per heavy atom. The van der Waals surface area contributed by atoms with Crippen LogP contribution in [0.2, 0.25) is 0 Å². The van der Waals surface area contributed by atoms with Gasteiger partial charge in [-0.2, -0.15) is 28.4 Å². The Labute approximate surface area is 257 Å². The molecule has 0 saturated carbocycles. The summed E-state index contributed by atoms with van der Waals surface area (Å²) in [7, 11) is 1.35. The molecule has 3 aromatic carbocycles. The molecule has 3 atom stereocenters. The van der Waals surface area contributed by atoms with E-state index in [0.29, 0.717) is 13.0 Å². The predicted octanol–water partition coefficient (Wildman–Crippen LogP) is 6.98. The second kappa shape index (κ2) is 9.92. The lowest BCUT2D eigenvalue weighted by molar-refractivity contribution is -0.264. The Kier molecular flexibility index (Phi) is 6.31. The lowest BCUT2D eigenvalue weighted by Gasteiger charge is -2.31. The molecule has 1 saturated heterocycles. The number of carbonyl (C=O) groups excluding carboxylic acids is 2. The molecule has 5 aromatic rings. The third-order valence-corrected chi connectivity index (χ3v) is 11.3. The molecule has 1 amide bonds. The summed E-state index contributed by atoms with van der Waals surface area (Å²) >= 11 is 3.76. The second-order valence-electron chi connectivity index (χ2n) is 11.7. The Balaban J connectivity index is 1.57. The lowest BCUT2D eigenvalue weighted by atomic mass is 9.93. The maximum atomic E-state index is 13.7. The van der Waals surface area contributed by atoms with Gasteiger partial charge in [-0.1, -0.05) is 26.0 Å². The summed E-state index contributed by atoms with van der Waals surface area (Å²) in [4.78, 5) is 37.2. The van der Waals surface area contributed by atoms with Crippen molar-refractivity contribution in [3.63, 3.8) is 0 Å². The van der Waals surface area contributed by atoms with Crippen molar-refractivity contribution < 1.29 is 24.1 Å². The van der Waals surface area contributed by atoms with Crippen LogP contribution in [0.25, 0.3) is 43.6 Å². The summed E-state index contributed by atoms with van der Waals surface area (Å²) in [6, 6.07) is 13.2. The Morgan fingerprint density at radius 1 is 1.02 bits per heavy atom. The quantitative estimate of drug-likeness (QED) is 0.149. The lowest BCUT2D eigenvalue weighted by Crippen LogP contribution is -2.40. The van der Waals surface area contributed by atoms with Gasteiger partial charge in [0.15, 0.2) is 5.72 Å². The van der Waals surface area contributed by atoms with Gasteiger partial charge in [-0.25, -0.2) is 4.79 Å². The predicted molar refractivity (Wildman–Crippen MR) is 172 cm³/mol. The number of hydrogen-bond donors (Lipinski definition) is 1. The molecule has 1 N–H and O–H groups in total. The van der Waals surface area contributed by atoms with Crippen molar-refractivity contribution in [1.82, 2.24) is 14.5 Å². The Hall–Kier alpha value is -3.18. The number of fused-ring (bicyclic) bond motifs is 13. The maximum absolute atomic E-state index is 13.7. The number of ether oxygens (including phenoxy) is 1. The second-order valence-corrected chi connectivity index (χ2v) is 14.2. The maximum Gasteiger partial charge on any atom is 0.350 e. The van der Waals surface area contributed by atoms with Crippen LogP contribution in [0.15, 0.2) is 36.4 Å². The van der Waals surface area contributed by atoms with E-state index in [9.17, 15) is 9.59 Å². The van der Waals surface area contributed by atoms with E-state index in [-0.39, 0.29) is 5.91 Å². The molecule has 1 fully saturated rings. The van der Waals surface area contributed by atoms with Crippen LogP contribution >= 0.6 is 23.5 Å². The zero-order valence-electron chi connectivity index (χ0n) is 24.6. The zero-order valence-corrected chi connectivity index (χ0v) is 26.2. The minimum atomic E-state index is -1.04. The molecule has 5 heterocycles. The van der Waals surface area contributed by atoms with E-state index >= 15 is 0 Å². The van der Waals surface area contributed by atoms with E-state index < -0.39 is 23.8 Å². The van der Waals surface area contributed by atoms with Gasteiger partial charge in [0.05, 0.1) is 34.7 Å². The van der Waals surface area contributed by atoms with Crippen molar-refractivity contribution in [2.24, 2.45) is 5.92 Å². The first-order chi connectivity index (χ1) is 20.9. The van der Waals surface area contributed by atoms with Crippen molar-refractivity contribution in [2.75, 3.05) is 18.6 Å². The van der Waals surface area contributed by atoms with Gasteiger partial charge in [-0.15, -0.1) is 0 Å². The minimum Gasteiger partial charge on any atom is -0.348 e. The number of benzene rings is 3. The summed E-state index contributed by atoms with van der Waals surface area (Å²) in [6.45, 7) is 6.79. The summed E-state index contributed by atoms with van der Waals surface area (Å²) in [5.74, 6) is 2.77. The van der Waals surface area contributed by atoms with Gasteiger partial charge < -0.3 is 19.2 Å². The highest BCUT2D eigenvalue weighted by atomic mass is 32.2. The van der Waals surface area contributed by atoms with Crippen molar-refractivity contribution in [3.05, 3.63) is 58.7 Å². The number of aromatic nitrogens is 2. The van der Waals surface area contributed by atoms with Gasteiger partial charge in [0, 0.05) is 46.0 Å². The van der Waals surface area contributed by atoms with Crippen LogP contribution in [0.4, 0.5) is 0 Å². The van der Waals surface area contributed by atoms with Crippen molar-refractivity contribution in [2.45, 2.75) is 57.2 Å². The minimum absolute atomic E-state index is 0.0361. The molecule has 0 aliphatic carbocycles. The smallest absolute Gasteiger partial charge is 0.348 e. The number of nitrogens with zero attached hydrogens (tertiary/aromatic N) is 2. The van der Waals surface area contributed by atoms with Crippen molar-refractivity contribution >= 4 is 79.0 Å². The number of carbonyl (C=O) groups is 2. The number of thioether (sulfide) groups is 2. The molecule has 43 heavy (non-hydrogen) atoms.